The van der Waals surface area contributed by atoms with Crippen LogP contribution in [0.15, 0.2) is 48.8 Å². The van der Waals surface area contributed by atoms with Gasteiger partial charge in [0, 0.05) is 18.0 Å². The van der Waals surface area contributed by atoms with E-state index in [0.717, 1.165) is 5.56 Å². The van der Waals surface area contributed by atoms with Gasteiger partial charge in [-0.05, 0) is 11.6 Å². The number of benzene rings is 2. The molecule has 1 N–H and O–H groups in total. The first-order chi connectivity index (χ1) is 11.8. The van der Waals surface area contributed by atoms with E-state index in [9.17, 15) is 4.39 Å². The van der Waals surface area contributed by atoms with Crippen molar-refractivity contribution in [2.75, 3.05) is 25.6 Å². The molecule has 0 saturated carbocycles. The Morgan fingerprint density at radius 3 is 2.75 bits per heavy atom. The first-order valence-corrected chi connectivity index (χ1v) is 7.61. The molecular weight excluding hydrogens is 309 g/mol. The van der Waals surface area contributed by atoms with Crippen molar-refractivity contribution in [3.05, 3.63) is 60.2 Å². The predicted octanol–water partition coefficient (Wildman–Crippen LogP) is 3.41. The Morgan fingerprint density at radius 1 is 1.12 bits per heavy atom. The third-order valence-corrected chi connectivity index (χ3v) is 3.56. The lowest BCUT2D eigenvalue weighted by molar-refractivity contribution is 0.130. The van der Waals surface area contributed by atoms with E-state index < -0.39 is 5.82 Å². The van der Waals surface area contributed by atoms with Crippen LogP contribution in [0.1, 0.15) is 5.56 Å². The van der Waals surface area contributed by atoms with Crippen LogP contribution in [0.5, 0.6) is 5.75 Å². The zero-order chi connectivity index (χ0) is 16.8. The Hall–Kier alpha value is -2.73. The Morgan fingerprint density at radius 2 is 1.96 bits per heavy atom. The fourth-order valence-corrected chi connectivity index (χ4v) is 2.36. The molecule has 6 heteroatoms. The third-order valence-electron chi connectivity index (χ3n) is 3.56. The van der Waals surface area contributed by atoms with Gasteiger partial charge >= 0.3 is 0 Å². The highest BCUT2D eigenvalue weighted by Crippen LogP contribution is 2.27. The van der Waals surface area contributed by atoms with Crippen molar-refractivity contribution in [3.63, 3.8) is 0 Å². The van der Waals surface area contributed by atoms with Crippen LogP contribution in [0.2, 0.25) is 0 Å². The Bertz CT molecular complexity index is 812. The van der Waals surface area contributed by atoms with Crippen molar-refractivity contribution in [2.45, 2.75) is 6.61 Å². The van der Waals surface area contributed by atoms with E-state index in [1.54, 1.807) is 6.07 Å². The number of halogens is 1. The van der Waals surface area contributed by atoms with E-state index in [4.69, 9.17) is 9.47 Å². The highest BCUT2D eigenvalue weighted by atomic mass is 19.1. The molecule has 0 fully saturated rings. The minimum Gasteiger partial charge on any atom is -0.494 e. The molecule has 1 aromatic heterocycles. The molecule has 124 valence electrons. The van der Waals surface area contributed by atoms with Gasteiger partial charge in [-0.25, -0.2) is 14.4 Å². The van der Waals surface area contributed by atoms with Gasteiger partial charge < -0.3 is 14.8 Å². The Balaban J connectivity index is 1.61. The summed E-state index contributed by atoms with van der Waals surface area (Å²) in [4.78, 5) is 8.30. The maximum atomic E-state index is 13.7. The number of hydrogen-bond acceptors (Lipinski definition) is 5. The second-order valence-electron chi connectivity index (χ2n) is 5.19. The van der Waals surface area contributed by atoms with Gasteiger partial charge in [0.05, 0.1) is 25.8 Å². The summed E-state index contributed by atoms with van der Waals surface area (Å²) >= 11 is 0. The smallest absolute Gasteiger partial charge is 0.167 e. The molecule has 0 spiro atoms. The number of aromatic nitrogens is 2. The standard InChI is InChI=1S/C18H18FN3O2/c1-23-17-9-14-16(10-15(17)19)21-12-22-18(14)20-7-8-24-11-13-5-3-2-4-6-13/h2-6,9-10,12H,7-8,11H2,1H3,(H,20,21,22). The summed E-state index contributed by atoms with van der Waals surface area (Å²) in [6.45, 7) is 1.67. The summed E-state index contributed by atoms with van der Waals surface area (Å²) in [5, 5.41) is 3.90. The molecule has 3 aromatic rings. The van der Waals surface area contributed by atoms with Crippen LogP contribution in [0, 0.1) is 5.82 Å². The number of anilines is 1. The van der Waals surface area contributed by atoms with Gasteiger partial charge in [-0.15, -0.1) is 0 Å². The number of nitrogens with zero attached hydrogens (tertiary/aromatic N) is 2. The van der Waals surface area contributed by atoms with E-state index in [0.29, 0.717) is 36.5 Å². The van der Waals surface area contributed by atoms with Crippen LogP contribution in [0.3, 0.4) is 0 Å². The lowest BCUT2D eigenvalue weighted by Gasteiger charge is -2.10. The van der Waals surface area contributed by atoms with E-state index in [1.807, 2.05) is 30.3 Å². The van der Waals surface area contributed by atoms with Gasteiger partial charge in [-0.1, -0.05) is 30.3 Å². The minimum atomic E-state index is -0.444. The van der Waals surface area contributed by atoms with E-state index in [1.165, 1.54) is 19.5 Å². The average Bonchev–Trinajstić information content (AvgIpc) is 2.61. The Kier molecular flexibility index (Phi) is 5.18. The summed E-state index contributed by atoms with van der Waals surface area (Å²) in [6.07, 6.45) is 1.40. The Labute approximate surface area is 139 Å². The van der Waals surface area contributed by atoms with Crippen LogP contribution in [-0.2, 0) is 11.3 Å². The zero-order valence-corrected chi connectivity index (χ0v) is 13.3. The summed E-state index contributed by atoms with van der Waals surface area (Å²) in [7, 11) is 1.43. The van der Waals surface area contributed by atoms with Crippen LogP contribution < -0.4 is 10.1 Å². The predicted molar refractivity (Wildman–Crippen MR) is 90.6 cm³/mol. The average molecular weight is 327 g/mol. The van der Waals surface area contributed by atoms with E-state index in [2.05, 4.69) is 15.3 Å². The van der Waals surface area contributed by atoms with Crippen molar-refractivity contribution in [2.24, 2.45) is 0 Å². The van der Waals surface area contributed by atoms with Gasteiger partial charge in [0.15, 0.2) is 11.6 Å². The van der Waals surface area contributed by atoms with E-state index >= 15 is 0 Å². The van der Waals surface area contributed by atoms with Crippen molar-refractivity contribution in [1.82, 2.24) is 9.97 Å². The van der Waals surface area contributed by atoms with Gasteiger partial charge in [-0.2, -0.15) is 0 Å². The van der Waals surface area contributed by atoms with E-state index in [-0.39, 0.29) is 5.75 Å². The van der Waals surface area contributed by atoms with Crippen molar-refractivity contribution < 1.29 is 13.9 Å². The first-order valence-electron chi connectivity index (χ1n) is 7.61. The summed E-state index contributed by atoms with van der Waals surface area (Å²) < 4.78 is 24.4. The zero-order valence-electron chi connectivity index (χ0n) is 13.3. The monoisotopic (exact) mass is 327 g/mol. The molecule has 0 aliphatic carbocycles. The molecule has 0 saturated heterocycles. The molecule has 0 aliphatic heterocycles. The highest BCUT2D eigenvalue weighted by Gasteiger charge is 2.09. The SMILES string of the molecule is COc1cc2c(NCCOCc3ccccc3)ncnc2cc1F. The molecule has 0 radical (unpaired) electrons. The molecule has 0 aliphatic rings. The number of ether oxygens (including phenoxy) is 2. The van der Waals surface area contributed by atoms with Crippen molar-refractivity contribution >= 4 is 16.7 Å². The molecule has 1 heterocycles. The second-order valence-corrected chi connectivity index (χ2v) is 5.19. The molecule has 0 bridgehead atoms. The fourth-order valence-electron chi connectivity index (χ4n) is 2.36. The minimum absolute atomic E-state index is 0.167. The van der Waals surface area contributed by atoms with Crippen molar-refractivity contribution in [3.8, 4) is 5.75 Å². The molecular formula is C18H18FN3O2. The normalized spacial score (nSPS) is 10.8. The summed E-state index contributed by atoms with van der Waals surface area (Å²) in [6, 6.07) is 12.9. The van der Waals surface area contributed by atoms with Crippen LogP contribution >= 0.6 is 0 Å². The number of hydrogen-bond donors (Lipinski definition) is 1. The lowest BCUT2D eigenvalue weighted by Crippen LogP contribution is -2.11. The number of rotatable bonds is 7. The molecule has 5 nitrogen and oxygen atoms in total. The maximum absolute atomic E-state index is 13.7. The van der Waals surface area contributed by atoms with Crippen LogP contribution in [0.25, 0.3) is 10.9 Å². The van der Waals surface area contributed by atoms with Crippen LogP contribution in [0.4, 0.5) is 10.2 Å². The molecule has 3 rings (SSSR count). The number of fused-ring (bicyclic) bond motifs is 1. The third kappa shape index (κ3) is 3.78. The largest absolute Gasteiger partial charge is 0.494 e. The second kappa shape index (κ2) is 7.70. The summed E-state index contributed by atoms with van der Waals surface area (Å²) in [5.74, 6) is 0.350. The quantitative estimate of drug-likeness (QED) is 0.674. The molecule has 0 atom stereocenters. The number of methoxy groups -OCH3 is 1. The summed E-state index contributed by atoms with van der Waals surface area (Å²) in [5.41, 5.74) is 1.65. The maximum Gasteiger partial charge on any atom is 0.167 e. The molecule has 0 amide bonds. The van der Waals surface area contributed by atoms with Gasteiger partial charge in [-0.3, -0.25) is 0 Å². The van der Waals surface area contributed by atoms with Gasteiger partial charge in [0.1, 0.15) is 12.1 Å². The molecule has 24 heavy (non-hydrogen) atoms. The highest BCUT2D eigenvalue weighted by molar-refractivity contribution is 5.90. The van der Waals surface area contributed by atoms with Crippen molar-refractivity contribution in [1.29, 1.82) is 0 Å². The molecule has 0 unspecified atom stereocenters. The number of nitrogens with one attached hydrogen (secondary N) is 1. The lowest BCUT2D eigenvalue weighted by atomic mass is 10.2. The topological polar surface area (TPSA) is 56.3 Å². The van der Waals surface area contributed by atoms with Gasteiger partial charge in [0.2, 0.25) is 0 Å². The molecule has 2 aromatic carbocycles. The van der Waals surface area contributed by atoms with Gasteiger partial charge in [0.25, 0.3) is 0 Å². The van der Waals surface area contributed by atoms with Crippen LogP contribution in [-0.4, -0.2) is 30.2 Å². The fraction of sp³-hybridized carbons (Fsp3) is 0.222. The first kappa shape index (κ1) is 16.1.